The molecular formula is C11H14F3NO2. The van der Waals surface area contributed by atoms with E-state index in [2.05, 4.69) is 4.74 Å². The van der Waals surface area contributed by atoms with Crippen LogP contribution in [0.25, 0.3) is 0 Å². The van der Waals surface area contributed by atoms with Crippen molar-refractivity contribution in [1.82, 2.24) is 0 Å². The second kappa shape index (κ2) is 5.27. The minimum absolute atomic E-state index is 0.258. The molecule has 0 spiro atoms. The maximum Gasteiger partial charge on any atom is 0.573 e. The molecule has 0 aliphatic heterocycles. The number of para-hydroxylation sites is 1. The fourth-order valence-corrected chi connectivity index (χ4v) is 1.51. The quantitative estimate of drug-likeness (QED) is 0.862. The third-order valence-electron chi connectivity index (χ3n) is 2.26. The number of ether oxygens (including phenoxy) is 1. The van der Waals surface area contributed by atoms with E-state index in [1.165, 1.54) is 12.1 Å². The Morgan fingerprint density at radius 1 is 1.41 bits per heavy atom. The maximum absolute atomic E-state index is 12.0. The van der Waals surface area contributed by atoms with Gasteiger partial charge in [0.05, 0.1) is 0 Å². The number of phenolic OH excluding ortho intramolecular Hbond substituents is 1. The van der Waals surface area contributed by atoms with Crippen molar-refractivity contribution in [2.24, 2.45) is 5.73 Å². The normalized spacial score (nSPS) is 13.5. The molecule has 0 saturated carbocycles. The number of aromatic hydroxyl groups is 1. The minimum atomic E-state index is -4.83. The molecule has 3 N–H and O–H groups in total. The van der Waals surface area contributed by atoms with Gasteiger partial charge in [0.25, 0.3) is 0 Å². The van der Waals surface area contributed by atoms with E-state index in [0.29, 0.717) is 6.42 Å². The van der Waals surface area contributed by atoms with Crippen LogP contribution in [0.4, 0.5) is 13.2 Å². The largest absolute Gasteiger partial charge is 0.573 e. The van der Waals surface area contributed by atoms with Gasteiger partial charge in [-0.15, -0.1) is 13.2 Å². The van der Waals surface area contributed by atoms with Gasteiger partial charge in [0.2, 0.25) is 0 Å². The predicted octanol–water partition coefficient (Wildman–Crippen LogP) is 3.09. The number of hydrogen-bond acceptors (Lipinski definition) is 3. The Bertz CT molecular complexity index is 379. The van der Waals surface area contributed by atoms with Crippen LogP contribution in [0.3, 0.4) is 0 Å². The molecule has 0 unspecified atom stereocenters. The average molecular weight is 249 g/mol. The summed E-state index contributed by atoms with van der Waals surface area (Å²) in [7, 11) is 0. The lowest BCUT2D eigenvalue weighted by molar-refractivity contribution is -0.275. The Morgan fingerprint density at radius 2 is 2.06 bits per heavy atom. The van der Waals surface area contributed by atoms with Crippen LogP contribution in [0.2, 0.25) is 0 Å². The van der Waals surface area contributed by atoms with Crippen molar-refractivity contribution in [2.45, 2.75) is 32.2 Å². The SMILES string of the molecule is CCC[C@H](N)c1cccc(OC(F)(F)F)c1O. The van der Waals surface area contributed by atoms with E-state index in [9.17, 15) is 18.3 Å². The highest BCUT2D eigenvalue weighted by atomic mass is 19.4. The van der Waals surface area contributed by atoms with Gasteiger partial charge in [0.1, 0.15) is 0 Å². The molecule has 1 aromatic rings. The zero-order valence-electron chi connectivity index (χ0n) is 9.29. The van der Waals surface area contributed by atoms with Crippen molar-refractivity contribution in [1.29, 1.82) is 0 Å². The van der Waals surface area contributed by atoms with Gasteiger partial charge < -0.3 is 15.6 Å². The fraction of sp³-hybridized carbons (Fsp3) is 0.455. The summed E-state index contributed by atoms with van der Waals surface area (Å²) in [5, 5.41) is 9.64. The molecule has 1 aromatic carbocycles. The molecule has 0 aromatic heterocycles. The monoisotopic (exact) mass is 249 g/mol. The number of benzene rings is 1. The van der Waals surface area contributed by atoms with Gasteiger partial charge in [0, 0.05) is 11.6 Å². The molecule has 6 heteroatoms. The van der Waals surface area contributed by atoms with Crippen LogP contribution in [-0.2, 0) is 0 Å². The first-order chi connectivity index (χ1) is 7.85. The number of rotatable bonds is 4. The van der Waals surface area contributed by atoms with Crippen LogP contribution in [0, 0.1) is 0 Å². The number of phenols is 1. The molecule has 0 radical (unpaired) electrons. The Balaban J connectivity index is 2.99. The van der Waals surface area contributed by atoms with Crippen LogP contribution in [0.1, 0.15) is 31.4 Å². The van der Waals surface area contributed by atoms with E-state index in [1.54, 1.807) is 0 Å². The highest BCUT2D eigenvalue weighted by Crippen LogP contribution is 2.37. The van der Waals surface area contributed by atoms with Crippen molar-refractivity contribution < 1.29 is 23.0 Å². The van der Waals surface area contributed by atoms with Crippen LogP contribution < -0.4 is 10.5 Å². The van der Waals surface area contributed by atoms with Gasteiger partial charge in [-0.05, 0) is 12.5 Å². The molecule has 0 heterocycles. The summed E-state index contributed by atoms with van der Waals surface area (Å²) < 4.78 is 39.8. The van der Waals surface area contributed by atoms with Gasteiger partial charge in [-0.1, -0.05) is 25.5 Å². The van der Waals surface area contributed by atoms with E-state index < -0.39 is 23.9 Å². The molecule has 0 amide bonds. The van der Waals surface area contributed by atoms with Crippen molar-refractivity contribution in [3.05, 3.63) is 23.8 Å². The Labute approximate surface area is 97.0 Å². The maximum atomic E-state index is 12.0. The highest BCUT2D eigenvalue weighted by Gasteiger charge is 2.32. The highest BCUT2D eigenvalue weighted by molar-refractivity contribution is 5.46. The van der Waals surface area contributed by atoms with Crippen molar-refractivity contribution in [3.63, 3.8) is 0 Å². The third kappa shape index (κ3) is 3.81. The molecule has 0 fully saturated rings. The van der Waals surface area contributed by atoms with Gasteiger partial charge in [0.15, 0.2) is 11.5 Å². The first-order valence-electron chi connectivity index (χ1n) is 5.18. The van der Waals surface area contributed by atoms with Crippen molar-refractivity contribution in [2.75, 3.05) is 0 Å². The molecule has 0 saturated heterocycles. The Morgan fingerprint density at radius 3 is 2.59 bits per heavy atom. The standard InChI is InChI=1S/C11H14F3NO2/c1-2-4-8(15)7-5-3-6-9(10(7)16)17-11(12,13)14/h3,5-6,8,16H,2,4,15H2,1H3/t8-/m0/s1. The molecule has 96 valence electrons. The Kier molecular flexibility index (Phi) is 4.22. The van der Waals surface area contributed by atoms with Gasteiger partial charge >= 0.3 is 6.36 Å². The van der Waals surface area contributed by atoms with Crippen LogP contribution in [0.15, 0.2) is 18.2 Å². The minimum Gasteiger partial charge on any atom is -0.504 e. The molecule has 0 aliphatic carbocycles. The second-order valence-electron chi connectivity index (χ2n) is 3.64. The molecule has 0 bridgehead atoms. The van der Waals surface area contributed by atoms with E-state index >= 15 is 0 Å². The van der Waals surface area contributed by atoms with Crippen LogP contribution in [0.5, 0.6) is 11.5 Å². The van der Waals surface area contributed by atoms with E-state index in [0.717, 1.165) is 12.5 Å². The lowest BCUT2D eigenvalue weighted by Crippen LogP contribution is -2.18. The average Bonchev–Trinajstić information content (AvgIpc) is 2.19. The Hall–Kier alpha value is -1.43. The van der Waals surface area contributed by atoms with Gasteiger partial charge in [-0.3, -0.25) is 0 Å². The first kappa shape index (κ1) is 13.6. The van der Waals surface area contributed by atoms with E-state index in [4.69, 9.17) is 5.73 Å². The molecule has 0 aliphatic rings. The topological polar surface area (TPSA) is 55.5 Å². The molecule has 17 heavy (non-hydrogen) atoms. The smallest absolute Gasteiger partial charge is 0.504 e. The molecule has 1 atom stereocenters. The lowest BCUT2D eigenvalue weighted by Gasteiger charge is -2.16. The molecule has 3 nitrogen and oxygen atoms in total. The third-order valence-corrected chi connectivity index (χ3v) is 2.26. The number of alkyl halides is 3. The number of halogens is 3. The summed E-state index contributed by atoms with van der Waals surface area (Å²) in [4.78, 5) is 0. The van der Waals surface area contributed by atoms with Crippen molar-refractivity contribution >= 4 is 0 Å². The molecular weight excluding hydrogens is 235 g/mol. The summed E-state index contributed by atoms with van der Waals surface area (Å²) in [6.45, 7) is 1.90. The van der Waals surface area contributed by atoms with Crippen LogP contribution in [-0.4, -0.2) is 11.5 Å². The van der Waals surface area contributed by atoms with Crippen molar-refractivity contribution in [3.8, 4) is 11.5 Å². The predicted molar refractivity (Wildman–Crippen MR) is 56.6 cm³/mol. The summed E-state index contributed by atoms with van der Waals surface area (Å²) in [5.74, 6) is -1.17. The molecule has 1 rings (SSSR count). The fourth-order valence-electron chi connectivity index (χ4n) is 1.51. The summed E-state index contributed by atoms with van der Waals surface area (Å²) >= 11 is 0. The van der Waals surface area contributed by atoms with E-state index in [-0.39, 0.29) is 5.56 Å². The van der Waals surface area contributed by atoms with Crippen LogP contribution >= 0.6 is 0 Å². The zero-order chi connectivity index (χ0) is 13.1. The first-order valence-corrected chi connectivity index (χ1v) is 5.18. The van der Waals surface area contributed by atoms with Gasteiger partial charge in [-0.2, -0.15) is 0 Å². The second-order valence-corrected chi connectivity index (χ2v) is 3.64. The number of hydrogen-bond donors (Lipinski definition) is 2. The van der Waals surface area contributed by atoms with E-state index in [1.807, 2.05) is 6.92 Å². The summed E-state index contributed by atoms with van der Waals surface area (Å²) in [6.07, 6.45) is -3.49. The zero-order valence-corrected chi connectivity index (χ0v) is 9.29. The summed E-state index contributed by atoms with van der Waals surface area (Å²) in [6, 6.07) is 3.40. The van der Waals surface area contributed by atoms with Gasteiger partial charge in [-0.25, -0.2) is 0 Å². The summed E-state index contributed by atoms with van der Waals surface area (Å²) in [5.41, 5.74) is 6.00. The lowest BCUT2D eigenvalue weighted by atomic mass is 10.0. The number of nitrogens with two attached hydrogens (primary N) is 1.